The number of carbonyl (C=O) groups excluding carboxylic acids is 1. The highest BCUT2D eigenvalue weighted by Crippen LogP contribution is 2.44. The summed E-state index contributed by atoms with van der Waals surface area (Å²) >= 11 is 0. The van der Waals surface area contributed by atoms with E-state index in [2.05, 4.69) is 0 Å². The summed E-state index contributed by atoms with van der Waals surface area (Å²) in [6.07, 6.45) is 4.80. The average molecular weight is 423 g/mol. The first-order valence-electron chi connectivity index (χ1n) is 10.4. The number of benzene rings is 2. The van der Waals surface area contributed by atoms with Crippen molar-refractivity contribution in [2.24, 2.45) is 0 Å². The maximum atomic E-state index is 13.4. The van der Waals surface area contributed by atoms with Crippen LogP contribution in [0.5, 0.6) is 23.0 Å². The fraction of sp³-hybridized carbons (Fsp3) is 0.346. The molecule has 2 aromatic rings. The third-order valence-corrected chi connectivity index (χ3v) is 5.73. The molecular weight excluding hydrogens is 392 g/mol. The van der Waals surface area contributed by atoms with Crippen LogP contribution in [0.1, 0.15) is 66.2 Å². The molecule has 5 heteroatoms. The lowest BCUT2D eigenvalue weighted by Gasteiger charge is -2.28. The molecule has 0 radical (unpaired) electrons. The molecule has 1 aliphatic rings. The summed E-state index contributed by atoms with van der Waals surface area (Å²) in [4.78, 5) is 13.4. The van der Waals surface area contributed by atoms with Crippen LogP contribution in [0.4, 0.5) is 0 Å². The minimum Gasteiger partial charge on any atom is -0.508 e. The average Bonchev–Trinajstić information content (AvgIpc) is 2.68. The maximum absolute atomic E-state index is 13.4. The number of fused-ring (bicyclic) bond motifs is 1. The number of hydrogen-bond acceptors (Lipinski definition) is 5. The number of Topliss-reactive ketones (excluding diaryl/α,β-unsaturated/α-hetero) is 1. The van der Waals surface area contributed by atoms with E-state index in [9.17, 15) is 20.1 Å². The second kappa shape index (κ2) is 8.88. The Labute approximate surface area is 183 Å². The van der Waals surface area contributed by atoms with Gasteiger partial charge in [-0.25, -0.2) is 0 Å². The third kappa shape index (κ3) is 4.46. The molecule has 0 bridgehead atoms. The van der Waals surface area contributed by atoms with Crippen LogP contribution in [0.2, 0.25) is 0 Å². The number of ketones is 1. The summed E-state index contributed by atoms with van der Waals surface area (Å²) in [6, 6.07) is 4.76. The highest BCUT2D eigenvalue weighted by molar-refractivity contribution is 6.07. The second-order valence-electron chi connectivity index (χ2n) is 8.57. The van der Waals surface area contributed by atoms with Gasteiger partial charge in [-0.2, -0.15) is 0 Å². The Balaban J connectivity index is 2.05. The lowest BCUT2D eigenvalue weighted by Crippen LogP contribution is -2.27. The molecule has 164 valence electrons. The van der Waals surface area contributed by atoms with Gasteiger partial charge in [0.05, 0.1) is 5.92 Å². The number of allylic oxidation sites excluding steroid dienone is 4. The zero-order valence-electron chi connectivity index (χ0n) is 18.7. The molecule has 1 aliphatic heterocycles. The summed E-state index contributed by atoms with van der Waals surface area (Å²) in [5.41, 5.74) is 4.98. The SMILES string of the molecule is CC(C)=CCc1c(O)ccc(C2COc3cc(O)c(CC=C(C)C)c(O)c3C2=O)c1C. The van der Waals surface area contributed by atoms with E-state index in [0.717, 1.165) is 27.8 Å². The Morgan fingerprint density at radius 2 is 1.61 bits per heavy atom. The normalized spacial score (nSPS) is 15.1. The van der Waals surface area contributed by atoms with Crippen molar-refractivity contribution in [1.82, 2.24) is 0 Å². The van der Waals surface area contributed by atoms with Gasteiger partial charge < -0.3 is 20.1 Å². The molecule has 0 aromatic heterocycles. The Bertz CT molecular complexity index is 1080. The van der Waals surface area contributed by atoms with Gasteiger partial charge >= 0.3 is 0 Å². The number of aromatic hydroxyl groups is 3. The summed E-state index contributed by atoms with van der Waals surface area (Å²) in [7, 11) is 0. The topological polar surface area (TPSA) is 87.0 Å². The largest absolute Gasteiger partial charge is 0.508 e. The summed E-state index contributed by atoms with van der Waals surface area (Å²) in [6.45, 7) is 9.84. The summed E-state index contributed by atoms with van der Waals surface area (Å²) < 4.78 is 5.80. The second-order valence-corrected chi connectivity index (χ2v) is 8.57. The van der Waals surface area contributed by atoms with E-state index in [0.29, 0.717) is 18.4 Å². The number of hydrogen-bond donors (Lipinski definition) is 3. The van der Waals surface area contributed by atoms with Crippen LogP contribution in [0, 0.1) is 6.92 Å². The van der Waals surface area contributed by atoms with E-state index in [-0.39, 0.29) is 41.0 Å². The molecule has 1 atom stereocenters. The lowest BCUT2D eigenvalue weighted by atomic mass is 9.83. The van der Waals surface area contributed by atoms with Crippen molar-refractivity contribution >= 4 is 5.78 Å². The van der Waals surface area contributed by atoms with Crippen LogP contribution in [0.25, 0.3) is 0 Å². The van der Waals surface area contributed by atoms with Crippen LogP contribution in [-0.2, 0) is 12.8 Å². The summed E-state index contributed by atoms with van der Waals surface area (Å²) in [5.74, 6) is -0.795. The maximum Gasteiger partial charge on any atom is 0.181 e. The van der Waals surface area contributed by atoms with Gasteiger partial charge in [0.15, 0.2) is 5.78 Å². The van der Waals surface area contributed by atoms with Gasteiger partial charge in [0.1, 0.15) is 35.2 Å². The lowest BCUT2D eigenvalue weighted by molar-refractivity contribution is 0.0891. The molecule has 0 saturated heterocycles. The van der Waals surface area contributed by atoms with Crippen LogP contribution >= 0.6 is 0 Å². The molecule has 0 spiro atoms. The van der Waals surface area contributed by atoms with Crippen molar-refractivity contribution in [1.29, 1.82) is 0 Å². The van der Waals surface area contributed by atoms with Gasteiger partial charge in [-0.05, 0) is 64.7 Å². The molecule has 0 fully saturated rings. The number of carbonyl (C=O) groups is 1. The Kier molecular flexibility index (Phi) is 6.44. The van der Waals surface area contributed by atoms with E-state index in [1.165, 1.54) is 6.07 Å². The molecule has 3 N–H and O–H groups in total. The monoisotopic (exact) mass is 422 g/mol. The zero-order valence-corrected chi connectivity index (χ0v) is 18.7. The van der Waals surface area contributed by atoms with Gasteiger partial charge in [-0.3, -0.25) is 4.79 Å². The van der Waals surface area contributed by atoms with Crippen molar-refractivity contribution < 1.29 is 24.9 Å². The first-order chi connectivity index (χ1) is 14.6. The first kappa shape index (κ1) is 22.5. The predicted octanol–water partition coefficient (Wildman–Crippen LogP) is 5.49. The molecule has 0 saturated carbocycles. The van der Waals surface area contributed by atoms with E-state index < -0.39 is 5.92 Å². The molecule has 5 nitrogen and oxygen atoms in total. The Morgan fingerprint density at radius 1 is 1.00 bits per heavy atom. The molecule has 0 amide bonds. The van der Waals surface area contributed by atoms with Crippen LogP contribution in [0.3, 0.4) is 0 Å². The van der Waals surface area contributed by atoms with E-state index in [4.69, 9.17) is 4.74 Å². The molecule has 3 rings (SSSR count). The molecule has 2 aromatic carbocycles. The third-order valence-electron chi connectivity index (χ3n) is 5.73. The number of rotatable bonds is 5. The van der Waals surface area contributed by atoms with Crippen molar-refractivity contribution in [3.05, 3.63) is 69.3 Å². The minimum atomic E-state index is -0.606. The minimum absolute atomic E-state index is 0.0928. The molecule has 1 unspecified atom stereocenters. The fourth-order valence-electron chi connectivity index (χ4n) is 3.89. The Morgan fingerprint density at radius 3 is 2.23 bits per heavy atom. The van der Waals surface area contributed by atoms with Crippen molar-refractivity contribution in [2.45, 2.75) is 53.4 Å². The predicted molar refractivity (Wildman–Crippen MR) is 121 cm³/mol. The Hall–Kier alpha value is -3.21. The van der Waals surface area contributed by atoms with Gasteiger partial charge in [0.25, 0.3) is 0 Å². The zero-order chi connectivity index (χ0) is 22.9. The van der Waals surface area contributed by atoms with Crippen molar-refractivity contribution in [3.63, 3.8) is 0 Å². The molecule has 1 heterocycles. The molecule has 31 heavy (non-hydrogen) atoms. The van der Waals surface area contributed by atoms with E-state index in [1.807, 2.05) is 46.8 Å². The van der Waals surface area contributed by atoms with Gasteiger partial charge in [-0.1, -0.05) is 29.4 Å². The highest BCUT2D eigenvalue weighted by Gasteiger charge is 2.35. The van der Waals surface area contributed by atoms with Crippen LogP contribution in [-0.4, -0.2) is 27.7 Å². The molecule has 0 aliphatic carbocycles. The van der Waals surface area contributed by atoms with E-state index in [1.54, 1.807) is 12.1 Å². The van der Waals surface area contributed by atoms with Crippen LogP contribution in [0.15, 0.2) is 41.5 Å². The summed E-state index contributed by atoms with van der Waals surface area (Å²) in [5, 5.41) is 31.5. The highest BCUT2D eigenvalue weighted by atomic mass is 16.5. The van der Waals surface area contributed by atoms with E-state index >= 15 is 0 Å². The van der Waals surface area contributed by atoms with Crippen molar-refractivity contribution in [3.8, 4) is 23.0 Å². The standard InChI is InChI=1S/C26H30O5/c1-14(2)6-8-18-16(5)17(10-11-21(18)27)20-13-31-23-12-22(28)19(9-7-15(3)4)25(29)24(23)26(20)30/h6-7,10-12,20,27-29H,8-9,13H2,1-5H3. The van der Waals surface area contributed by atoms with Gasteiger partial charge in [-0.15, -0.1) is 0 Å². The van der Waals surface area contributed by atoms with Gasteiger partial charge in [0.2, 0.25) is 0 Å². The van der Waals surface area contributed by atoms with Crippen LogP contribution < -0.4 is 4.74 Å². The number of phenols is 3. The number of ether oxygens (including phenoxy) is 1. The van der Waals surface area contributed by atoms with Gasteiger partial charge in [0, 0.05) is 17.2 Å². The van der Waals surface area contributed by atoms with Crippen molar-refractivity contribution in [2.75, 3.05) is 6.61 Å². The quantitative estimate of drug-likeness (QED) is 0.555. The smallest absolute Gasteiger partial charge is 0.181 e. The first-order valence-corrected chi connectivity index (χ1v) is 10.4. The molecular formula is C26H30O5. The number of phenolic OH excluding ortho intramolecular Hbond substituents is 3. The fourth-order valence-corrected chi connectivity index (χ4v) is 3.89.